The Balaban J connectivity index is 1.85. The van der Waals surface area contributed by atoms with Crippen molar-refractivity contribution in [3.63, 3.8) is 0 Å². The van der Waals surface area contributed by atoms with Gasteiger partial charge in [-0.3, -0.25) is 23.9 Å². The summed E-state index contributed by atoms with van der Waals surface area (Å²) in [7, 11) is 0. The first-order valence-corrected chi connectivity index (χ1v) is 11.6. The fraction of sp³-hybridized carbons (Fsp3) is 0.500. The monoisotopic (exact) mass is 470 g/mol. The molecule has 1 fully saturated rings. The van der Waals surface area contributed by atoms with Crippen molar-refractivity contribution in [2.75, 3.05) is 40.5 Å². The van der Waals surface area contributed by atoms with Gasteiger partial charge in [0.2, 0.25) is 11.8 Å². The number of benzene rings is 1. The lowest BCUT2D eigenvalue weighted by Gasteiger charge is -2.27. The van der Waals surface area contributed by atoms with Crippen LogP contribution in [0.25, 0.3) is 0 Å². The Kier molecular flexibility index (Phi) is 7.80. The summed E-state index contributed by atoms with van der Waals surface area (Å²) in [5.74, 6) is 0.0335. The highest BCUT2D eigenvalue weighted by Crippen LogP contribution is 2.24. The van der Waals surface area contributed by atoms with Gasteiger partial charge in [-0.15, -0.1) is 0 Å². The molecule has 0 unspecified atom stereocenters. The van der Waals surface area contributed by atoms with Crippen LogP contribution < -0.4 is 32.1 Å². The number of carbonyl (C=O) groups is 2. The van der Waals surface area contributed by atoms with Gasteiger partial charge in [0.05, 0.1) is 6.54 Å². The number of aromatic nitrogens is 2. The first-order valence-electron chi connectivity index (χ1n) is 11.6. The van der Waals surface area contributed by atoms with E-state index in [1.165, 1.54) is 4.57 Å². The number of rotatable bonds is 9. The second kappa shape index (κ2) is 10.6. The molecule has 0 bridgehead atoms. The summed E-state index contributed by atoms with van der Waals surface area (Å²) in [5.41, 5.74) is 6.49. The molecule has 0 radical (unpaired) electrons. The molecule has 1 saturated heterocycles. The number of H-pyrrole nitrogens is 1. The highest BCUT2D eigenvalue weighted by Gasteiger charge is 2.24. The maximum atomic E-state index is 13.0. The SMILES string of the molecule is CC(C)CN(CC(=O)Nc1cccc(N2CCCC2=O)c1)c1c(N)n(CC(C)C)c(=O)[nH]c1=O. The van der Waals surface area contributed by atoms with Crippen molar-refractivity contribution in [3.05, 3.63) is 45.1 Å². The summed E-state index contributed by atoms with van der Waals surface area (Å²) in [5, 5.41) is 2.85. The van der Waals surface area contributed by atoms with Crippen LogP contribution in [0.5, 0.6) is 0 Å². The van der Waals surface area contributed by atoms with Gasteiger partial charge in [-0.1, -0.05) is 33.8 Å². The van der Waals surface area contributed by atoms with Crippen LogP contribution in [0.15, 0.2) is 33.9 Å². The quantitative estimate of drug-likeness (QED) is 0.513. The fourth-order valence-corrected chi connectivity index (χ4v) is 4.15. The van der Waals surface area contributed by atoms with Crippen LogP contribution in [0.4, 0.5) is 22.9 Å². The first-order chi connectivity index (χ1) is 16.1. The van der Waals surface area contributed by atoms with Crippen molar-refractivity contribution in [1.82, 2.24) is 9.55 Å². The van der Waals surface area contributed by atoms with Crippen molar-refractivity contribution in [2.24, 2.45) is 11.8 Å². The van der Waals surface area contributed by atoms with Crippen LogP contribution in [0.2, 0.25) is 0 Å². The molecule has 10 heteroatoms. The molecule has 1 aromatic carbocycles. The Bertz CT molecular complexity index is 1170. The molecule has 1 aliphatic heterocycles. The molecule has 184 valence electrons. The molecule has 0 spiro atoms. The van der Waals surface area contributed by atoms with Crippen LogP contribution in [0.1, 0.15) is 40.5 Å². The number of nitrogen functional groups attached to an aromatic ring is 1. The molecule has 1 aliphatic rings. The van der Waals surface area contributed by atoms with Gasteiger partial charge in [-0.25, -0.2) is 4.79 Å². The van der Waals surface area contributed by atoms with Crippen LogP contribution in [-0.4, -0.2) is 41.0 Å². The summed E-state index contributed by atoms with van der Waals surface area (Å²) < 4.78 is 1.34. The maximum absolute atomic E-state index is 13.0. The van der Waals surface area contributed by atoms with E-state index < -0.39 is 11.2 Å². The van der Waals surface area contributed by atoms with Gasteiger partial charge < -0.3 is 20.9 Å². The number of hydrogen-bond acceptors (Lipinski definition) is 6. The number of nitrogens with one attached hydrogen (secondary N) is 2. The van der Waals surface area contributed by atoms with E-state index in [1.807, 2.05) is 33.8 Å². The smallest absolute Gasteiger partial charge is 0.330 e. The Morgan fingerprint density at radius 2 is 1.91 bits per heavy atom. The van der Waals surface area contributed by atoms with Crippen molar-refractivity contribution in [2.45, 2.75) is 47.1 Å². The van der Waals surface area contributed by atoms with Crippen LogP contribution in [0, 0.1) is 11.8 Å². The van der Waals surface area contributed by atoms with E-state index in [0.29, 0.717) is 31.7 Å². The van der Waals surface area contributed by atoms with Gasteiger partial charge in [0.1, 0.15) is 11.5 Å². The van der Waals surface area contributed by atoms with Crippen LogP contribution in [-0.2, 0) is 16.1 Å². The van der Waals surface area contributed by atoms with Crippen molar-refractivity contribution >= 4 is 34.7 Å². The molecule has 34 heavy (non-hydrogen) atoms. The zero-order valence-corrected chi connectivity index (χ0v) is 20.3. The van der Waals surface area contributed by atoms with Crippen molar-refractivity contribution in [1.29, 1.82) is 0 Å². The number of anilines is 4. The second-order valence-corrected chi connectivity index (χ2v) is 9.52. The highest BCUT2D eigenvalue weighted by atomic mass is 16.2. The predicted molar refractivity (Wildman–Crippen MR) is 134 cm³/mol. The Morgan fingerprint density at radius 1 is 1.18 bits per heavy atom. The maximum Gasteiger partial charge on any atom is 0.330 e. The van der Waals surface area contributed by atoms with E-state index in [1.54, 1.807) is 28.0 Å². The molecule has 2 aromatic rings. The van der Waals surface area contributed by atoms with E-state index in [4.69, 9.17) is 5.73 Å². The number of hydrogen-bond donors (Lipinski definition) is 3. The molecular weight excluding hydrogens is 436 g/mol. The third kappa shape index (κ3) is 5.86. The molecule has 3 rings (SSSR count). The molecule has 0 saturated carbocycles. The minimum atomic E-state index is -0.620. The lowest BCUT2D eigenvalue weighted by atomic mass is 10.2. The number of nitrogens with zero attached hydrogens (tertiary/aromatic N) is 3. The van der Waals surface area contributed by atoms with E-state index in [9.17, 15) is 19.2 Å². The summed E-state index contributed by atoms with van der Waals surface area (Å²) in [4.78, 5) is 55.7. The molecular formula is C24H34N6O4. The molecule has 0 aliphatic carbocycles. The molecule has 2 heterocycles. The standard InChI is InChI=1S/C24H34N6O4/c1-15(2)12-28(21-22(25)30(13-16(3)4)24(34)27-23(21)33)14-19(31)26-17-7-5-8-18(11-17)29-10-6-9-20(29)32/h5,7-8,11,15-16H,6,9-10,12-14,25H2,1-4H3,(H,26,31)(H,27,33,34). The summed E-state index contributed by atoms with van der Waals surface area (Å²) in [6.07, 6.45) is 1.34. The van der Waals surface area contributed by atoms with Gasteiger partial charge in [-0.2, -0.15) is 0 Å². The van der Waals surface area contributed by atoms with E-state index >= 15 is 0 Å². The van der Waals surface area contributed by atoms with E-state index in [-0.39, 0.29) is 41.7 Å². The zero-order chi connectivity index (χ0) is 25.0. The van der Waals surface area contributed by atoms with Gasteiger partial charge >= 0.3 is 5.69 Å². The number of carbonyl (C=O) groups excluding carboxylic acids is 2. The van der Waals surface area contributed by atoms with E-state index in [2.05, 4.69) is 10.3 Å². The minimum Gasteiger partial charge on any atom is -0.383 e. The number of amides is 2. The van der Waals surface area contributed by atoms with Gasteiger partial charge in [0, 0.05) is 37.4 Å². The topological polar surface area (TPSA) is 134 Å². The zero-order valence-electron chi connectivity index (χ0n) is 20.3. The number of aromatic amines is 1. The summed E-state index contributed by atoms with van der Waals surface area (Å²) in [6.45, 7) is 9.09. The molecule has 2 amide bonds. The average molecular weight is 471 g/mol. The first kappa shape index (κ1) is 25.1. The molecule has 1 aromatic heterocycles. The van der Waals surface area contributed by atoms with Crippen molar-refractivity contribution in [3.8, 4) is 0 Å². The lowest BCUT2D eigenvalue weighted by molar-refractivity contribution is -0.117. The van der Waals surface area contributed by atoms with Gasteiger partial charge in [0.25, 0.3) is 5.56 Å². The van der Waals surface area contributed by atoms with Gasteiger partial charge in [0.15, 0.2) is 0 Å². The average Bonchev–Trinajstić information content (AvgIpc) is 3.16. The summed E-state index contributed by atoms with van der Waals surface area (Å²) in [6, 6.07) is 7.13. The Hall–Kier alpha value is -3.56. The van der Waals surface area contributed by atoms with Gasteiger partial charge in [-0.05, 0) is 36.5 Å². The third-order valence-corrected chi connectivity index (χ3v) is 5.51. The molecule has 4 N–H and O–H groups in total. The third-order valence-electron chi connectivity index (χ3n) is 5.51. The lowest BCUT2D eigenvalue weighted by Crippen LogP contribution is -2.43. The normalized spacial score (nSPS) is 13.7. The number of nitrogens with two attached hydrogens (primary N) is 1. The molecule has 10 nitrogen and oxygen atoms in total. The van der Waals surface area contributed by atoms with Crippen LogP contribution >= 0.6 is 0 Å². The molecule has 0 atom stereocenters. The fourth-order valence-electron chi connectivity index (χ4n) is 4.15. The van der Waals surface area contributed by atoms with Crippen molar-refractivity contribution < 1.29 is 9.59 Å². The summed E-state index contributed by atoms with van der Waals surface area (Å²) >= 11 is 0. The Morgan fingerprint density at radius 3 is 2.53 bits per heavy atom. The Labute approximate surface area is 198 Å². The highest BCUT2D eigenvalue weighted by molar-refractivity contribution is 5.98. The minimum absolute atomic E-state index is 0.0467. The predicted octanol–water partition coefficient (Wildman–Crippen LogP) is 2.00. The largest absolute Gasteiger partial charge is 0.383 e. The second-order valence-electron chi connectivity index (χ2n) is 9.52. The van der Waals surface area contributed by atoms with Crippen LogP contribution in [0.3, 0.4) is 0 Å². The van der Waals surface area contributed by atoms with E-state index in [0.717, 1.165) is 12.1 Å².